The maximum atomic E-state index is 11.8. The van der Waals surface area contributed by atoms with E-state index in [-0.39, 0.29) is 6.42 Å². The van der Waals surface area contributed by atoms with Gasteiger partial charge in [0.25, 0.3) is 0 Å². The second kappa shape index (κ2) is 6.63. The number of methoxy groups -OCH3 is 2. The molecule has 0 aliphatic carbocycles. The molecule has 0 spiro atoms. The third-order valence-electron chi connectivity index (χ3n) is 2.67. The number of carboxylic acid groups (broad SMARTS) is 1. The fourth-order valence-electron chi connectivity index (χ4n) is 1.62. The average Bonchev–Trinajstić information content (AvgIpc) is 2.38. The third kappa shape index (κ3) is 3.61. The van der Waals surface area contributed by atoms with Gasteiger partial charge in [0, 0.05) is 11.8 Å². The minimum atomic E-state index is -1.14. The molecule has 0 fully saturated rings. The minimum Gasteiger partial charge on any atom is -0.493 e. The summed E-state index contributed by atoms with van der Waals surface area (Å²) in [6, 6.07) is 4.83. The van der Waals surface area contributed by atoms with Gasteiger partial charge in [-0.3, -0.25) is 9.59 Å². The standard InChI is InChI=1S/C13H17NO5/c1-4-9(13(16)17)12(15)14-8-5-6-10(18-2)11(7-8)19-3/h5-7,9H,4H2,1-3H3,(H,14,15)(H,16,17). The number of carboxylic acids is 1. The molecule has 0 saturated carbocycles. The van der Waals surface area contributed by atoms with E-state index in [4.69, 9.17) is 14.6 Å². The van der Waals surface area contributed by atoms with E-state index in [0.29, 0.717) is 17.2 Å². The number of ether oxygens (including phenoxy) is 2. The lowest BCUT2D eigenvalue weighted by Crippen LogP contribution is -2.28. The van der Waals surface area contributed by atoms with Gasteiger partial charge in [0.2, 0.25) is 5.91 Å². The molecule has 104 valence electrons. The van der Waals surface area contributed by atoms with Gasteiger partial charge >= 0.3 is 5.97 Å². The van der Waals surface area contributed by atoms with Gasteiger partial charge in [-0.1, -0.05) is 6.92 Å². The van der Waals surface area contributed by atoms with Crippen molar-refractivity contribution in [2.45, 2.75) is 13.3 Å². The van der Waals surface area contributed by atoms with Gasteiger partial charge in [0.05, 0.1) is 14.2 Å². The Hall–Kier alpha value is -2.24. The highest BCUT2D eigenvalue weighted by Crippen LogP contribution is 2.29. The number of benzene rings is 1. The molecule has 6 heteroatoms. The number of aliphatic carboxylic acids is 1. The lowest BCUT2D eigenvalue weighted by atomic mass is 10.1. The summed E-state index contributed by atoms with van der Waals surface area (Å²) >= 11 is 0. The fourth-order valence-corrected chi connectivity index (χ4v) is 1.62. The molecule has 1 aromatic carbocycles. The Morgan fingerprint density at radius 3 is 2.37 bits per heavy atom. The van der Waals surface area contributed by atoms with Crippen LogP contribution in [0.5, 0.6) is 11.5 Å². The maximum absolute atomic E-state index is 11.8. The molecule has 1 unspecified atom stereocenters. The van der Waals surface area contributed by atoms with Crippen molar-refractivity contribution in [1.82, 2.24) is 0 Å². The highest BCUT2D eigenvalue weighted by atomic mass is 16.5. The van der Waals surface area contributed by atoms with Gasteiger partial charge in [-0.25, -0.2) is 0 Å². The summed E-state index contributed by atoms with van der Waals surface area (Å²) in [6.07, 6.45) is 0.231. The van der Waals surface area contributed by atoms with Crippen molar-refractivity contribution in [3.05, 3.63) is 18.2 Å². The van der Waals surface area contributed by atoms with Crippen molar-refractivity contribution in [2.24, 2.45) is 5.92 Å². The molecule has 1 aromatic rings. The molecule has 6 nitrogen and oxygen atoms in total. The summed E-state index contributed by atoms with van der Waals surface area (Å²) < 4.78 is 10.2. The van der Waals surface area contributed by atoms with Crippen LogP contribution in [0.2, 0.25) is 0 Å². The second-order valence-corrected chi connectivity index (χ2v) is 3.86. The van der Waals surface area contributed by atoms with Crippen LogP contribution in [0.4, 0.5) is 5.69 Å². The van der Waals surface area contributed by atoms with E-state index >= 15 is 0 Å². The monoisotopic (exact) mass is 267 g/mol. The first-order valence-corrected chi connectivity index (χ1v) is 5.79. The van der Waals surface area contributed by atoms with Crippen molar-refractivity contribution in [3.63, 3.8) is 0 Å². The van der Waals surface area contributed by atoms with Gasteiger partial charge in [-0.2, -0.15) is 0 Å². The van der Waals surface area contributed by atoms with Crippen LogP contribution in [0.15, 0.2) is 18.2 Å². The average molecular weight is 267 g/mol. The van der Waals surface area contributed by atoms with E-state index in [0.717, 1.165) is 0 Å². The highest BCUT2D eigenvalue weighted by Gasteiger charge is 2.24. The number of carbonyl (C=O) groups is 2. The van der Waals surface area contributed by atoms with Crippen molar-refractivity contribution >= 4 is 17.6 Å². The molecule has 1 atom stereocenters. The predicted octanol–water partition coefficient (Wildman–Crippen LogP) is 1.75. The first-order valence-electron chi connectivity index (χ1n) is 5.79. The van der Waals surface area contributed by atoms with Crippen LogP contribution >= 0.6 is 0 Å². The smallest absolute Gasteiger partial charge is 0.316 e. The largest absolute Gasteiger partial charge is 0.493 e. The molecular weight excluding hydrogens is 250 g/mol. The summed E-state index contributed by atoms with van der Waals surface area (Å²) in [6.45, 7) is 1.65. The summed E-state index contributed by atoms with van der Waals surface area (Å²) in [5.41, 5.74) is 0.461. The van der Waals surface area contributed by atoms with Crippen LogP contribution in [-0.2, 0) is 9.59 Å². The molecular formula is C13H17NO5. The predicted molar refractivity (Wildman–Crippen MR) is 69.6 cm³/mol. The summed E-state index contributed by atoms with van der Waals surface area (Å²) in [7, 11) is 2.99. The first-order chi connectivity index (χ1) is 9.03. The van der Waals surface area contributed by atoms with Crippen LogP contribution in [0.25, 0.3) is 0 Å². The second-order valence-electron chi connectivity index (χ2n) is 3.86. The Balaban J connectivity index is 2.88. The van der Waals surface area contributed by atoms with Gasteiger partial charge in [-0.05, 0) is 18.6 Å². The van der Waals surface area contributed by atoms with Crippen LogP contribution < -0.4 is 14.8 Å². The zero-order chi connectivity index (χ0) is 14.4. The Bertz CT molecular complexity index is 472. The number of rotatable bonds is 6. The molecule has 1 amide bonds. The van der Waals surface area contributed by atoms with E-state index in [2.05, 4.69) is 5.32 Å². The Labute approximate surface area is 111 Å². The summed E-state index contributed by atoms with van der Waals surface area (Å²) in [5.74, 6) is -1.76. The summed E-state index contributed by atoms with van der Waals surface area (Å²) in [5, 5.41) is 11.4. The van der Waals surface area contributed by atoms with Gasteiger partial charge in [0.1, 0.15) is 5.92 Å². The zero-order valence-corrected chi connectivity index (χ0v) is 11.1. The molecule has 0 saturated heterocycles. The number of carbonyl (C=O) groups excluding carboxylic acids is 1. The number of anilines is 1. The fraction of sp³-hybridized carbons (Fsp3) is 0.385. The summed E-state index contributed by atoms with van der Waals surface area (Å²) in [4.78, 5) is 22.7. The van der Waals surface area contributed by atoms with Crippen LogP contribution in [0.3, 0.4) is 0 Å². The van der Waals surface area contributed by atoms with E-state index in [9.17, 15) is 9.59 Å². The SMILES string of the molecule is CCC(C(=O)O)C(=O)Nc1ccc(OC)c(OC)c1. The molecule has 2 N–H and O–H groups in total. The lowest BCUT2D eigenvalue weighted by Gasteiger charge is -2.13. The molecule has 0 heterocycles. The molecule has 0 bridgehead atoms. The van der Waals surface area contributed by atoms with Crippen molar-refractivity contribution in [1.29, 1.82) is 0 Å². The van der Waals surface area contributed by atoms with Gasteiger partial charge < -0.3 is 19.9 Å². The van der Waals surface area contributed by atoms with Crippen molar-refractivity contribution in [2.75, 3.05) is 19.5 Å². The molecule has 0 aliphatic rings. The van der Waals surface area contributed by atoms with Crippen LogP contribution in [0.1, 0.15) is 13.3 Å². The third-order valence-corrected chi connectivity index (χ3v) is 2.67. The van der Waals surface area contributed by atoms with E-state index in [1.807, 2.05) is 0 Å². The molecule has 0 radical (unpaired) electrons. The number of amides is 1. The van der Waals surface area contributed by atoms with Crippen LogP contribution in [-0.4, -0.2) is 31.2 Å². The van der Waals surface area contributed by atoms with Gasteiger partial charge in [0.15, 0.2) is 11.5 Å². The maximum Gasteiger partial charge on any atom is 0.316 e. The molecule has 0 aromatic heterocycles. The first kappa shape index (κ1) is 14.8. The molecule has 0 aliphatic heterocycles. The Kier molecular flexibility index (Phi) is 5.17. The number of nitrogens with one attached hydrogen (secondary N) is 1. The van der Waals surface area contributed by atoms with Crippen LogP contribution in [0, 0.1) is 5.92 Å². The van der Waals surface area contributed by atoms with E-state index in [1.165, 1.54) is 14.2 Å². The van der Waals surface area contributed by atoms with Crippen molar-refractivity contribution < 1.29 is 24.2 Å². The highest BCUT2D eigenvalue weighted by molar-refractivity contribution is 6.04. The van der Waals surface area contributed by atoms with Gasteiger partial charge in [-0.15, -0.1) is 0 Å². The van der Waals surface area contributed by atoms with E-state index in [1.54, 1.807) is 25.1 Å². The Morgan fingerprint density at radius 1 is 1.26 bits per heavy atom. The molecule has 1 rings (SSSR count). The number of hydrogen-bond acceptors (Lipinski definition) is 4. The zero-order valence-electron chi connectivity index (χ0n) is 11.1. The van der Waals surface area contributed by atoms with Crippen molar-refractivity contribution in [3.8, 4) is 11.5 Å². The number of hydrogen-bond donors (Lipinski definition) is 2. The normalized spacial score (nSPS) is 11.5. The quantitative estimate of drug-likeness (QED) is 0.767. The Morgan fingerprint density at radius 2 is 1.89 bits per heavy atom. The lowest BCUT2D eigenvalue weighted by molar-refractivity contribution is -0.145. The minimum absolute atomic E-state index is 0.231. The van der Waals surface area contributed by atoms with E-state index < -0.39 is 17.8 Å². The molecule has 19 heavy (non-hydrogen) atoms. The topological polar surface area (TPSA) is 84.9 Å².